The van der Waals surface area contributed by atoms with E-state index in [0.717, 1.165) is 38.3 Å². The summed E-state index contributed by atoms with van der Waals surface area (Å²) in [6.07, 6.45) is 8.67. The van der Waals surface area contributed by atoms with E-state index in [1.165, 1.54) is 31.9 Å². The zero-order valence-corrected chi connectivity index (χ0v) is 13.3. The molecule has 22 heavy (non-hydrogen) atoms. The van der Waals surface area contributed by atoms with Gasteiger partial charge in [-0.3, -0.25) is 4.79 Å². The summed E-state index contributed by atoms with van der Waals surface area (Å²) in [7, 11) is 1.72. The molecule has 1 saturated heterocycles. The predicted molar refractivity (Wildman–Crippen MR) is 83.8 cm³/mol. The van der Waals surface area contributed by atoms with Gasteiger partial charge in [0.1, 0.15) is 6.26 Å². The van der Waals surface area contributed by atoms with Gasteiger partial charge in [-0.25, -0.2) is 0 Å². The zero-order valence-electron chi connectivity index (χ0n) is 13.3. The number of likely N-dealkylation sites (tertiary alicyclic amines) is 1. The highest BCUT2D eigenvalue weighted by atomic mass is 16.5. The van der Waals surface area contributed by atoms with Crippen molar-refractivity contribution in [2.75, 3.05) is 33.4 Å². The van der Waals surface area contributed by atoms with Crippen molar-refractivity contribution in [3.8, 4) is 0 Å². The summed E-state index contributed by atoms with van der Waals surface area (Å²) in [5.41, 5.74) is 0.446. The summed E-state index contributed by atoms with van der Waals surface area (Å²) in [6.45, 7) is 4.03. The van der Waals surface area contributed by atoms with E-state index >= 15 is 0 Å². The summed E-state index contributed by atoms with van der Waals surface area (Å²) in [6, 6.07) is 1.71. The van der Waals surface area contributed by atoms with E-state index in [0.29, 0.717) is 12.2 Å². The van der Waals surface area contributed by atoms with E-state index in [-0.39, 0.29) is 11.4 Å². The molecule has 0 bridgehead atoms. The fraction of sp³-hybridized carbons (Fsp3) is 0.706. The molecule has 1 amide bonds. The Labute approximate surface area is 132 Å². The Balaban J connectivity index is 1.59. The predicted octanol–water partition coefficient (Wildman–Crippen LogP) is 2.29. The molecular formula is C17H26N2O3. The van der Waals surface area contributed by atoms with E-state index in [9.17, 15) is 4.79 Å². The molecule has 2 aliphatic rings. The largest absolute Gasteiger partial charge is 0.472 e. The van der Waals surface area contributed by atoms with Crippen LogP contribution in [-0.2, 0) is 4.74 Å². The quantitative estimate of drug-likeness (QED) is 0.840. The average molecular weight is 306 g/mol. The highest BCUT2D eigenvalue weighted by molar-refractivity contribution is 5.94. The van der Waals surface area contributed by atoms with Gasteiger partial charge in [0.25, 0.3) is 5.91 Å². The van der Waals surface area contributed by atoms with Crippen LogP contribution in [0, 0.1) is 5.92 Å². The van der Waals surface area contributed by atoms with Gasteiger partial charge in [-0.15, -0.1) is 0 Å². The van der Waals surface area contributed by atoms with Crippen molar-refractivity contribution in [3.63, 3.8) is 0 Å². The lowest BCUT2D eigenvalue weighted by atomic mass is 9.84. The van der Waals surface area contributed by atoms with Gasteiger partial charge in [0.2, 0.25) is 0 Å². The van der Waals surface area contributed by atoms with Crippen molar-refractivity contribution < 1.29 is 13.9 Å². The first-order valence-electron chi connectivity index (χ1n) is 8.27. The summed E-state index contributed by atoms with van der Waals surface area (Å²) in [5.74, 6) is 0.882. The number of amides is 1. The first kappa shape index (κ1) is 15.6. The van der Waals surface area contributed by atoms with Crippen LogP contribution < -0.4 is 5.32 Å². The minimum absolute atomic E-state index is 0.0412. The number of nitrogens with one attached hydrogen (secondary N) is 1. The molecule has 0 aromatic carbocycles. The molecule has 0 atom stereocenters. The van der Waals surface area contributed by atoms with Gasteiger partial charge >= 0.3 is 0 Å². The minimum Gasteiger partial charge on any atom is -0.472 e. The molecule has 2 heterocycles. The van der Waals surface area contributed by atoms with Gasteiger partial charge in [-0.05, 0) is 44.1 Å². The van der Waals surface area contributed by atoms with E-state index < -0.39 is 0 Å². The van der Waals surface area contributed by atoms with Crippen LogP contribution in [0.15, 0.2) is 23.0 Å². The molecule has 5 nitrogen and oxygen atoms in total. The van der Waals surface area contributed by atoms with Gasteiger partial charge in [0.05, 0.1) is 11.8 Å². The van der Waals surface area contributed by atoms with E-state index in [4.69, 9.17) is 9.15 Å². The number of nitrogens with zero attached hydrogens (tertiary/aromatic N) is 1. The number of hydrogen-bond acceptors (Lipinski definition) is 4. The number of piperidine rings is 1. The molecule has 122 valence electrons. The molecule has 1 saturated carbocycles. The Morgan fingerprint density at radius 3 is 2.82 bits per heavy atom. The molecule has 1 aliphatic carbocycles. The maximum absolute atomic E-state index is 12.4. The van der Waals surface area contributed by atoms with E-state index in [1.54, 1.807) is 13.2 Å². The number of carbonyl (C=O) groups excluding carboxylic acids is 1. The second-order valence-corrected chi connectivity index (χ2v) is 6.73. The Kier molecular flexibility index (Phi) is 4.84. The van der Waals surface area contributed by atoms with Gasteiger partial charge in [0.15, 0.2) is 0 Å². The highest BCUT2D eigenvalue weighted by Crippen LogP contribution is 2.33. The number of carbonyl (C=O) groups is 1. The van der Waals surface area contributed by atoms with Crippen LogP contribution in [0.25, 0.3) is 0 Å². The van der Waals surface area contributed by atoms with Gasteiger partial charge in [0, 0.05) is 38.9 Å². The third kappa shape index (κ3) is 3.90. The second-order valence-electron chi connectivity index (χ2n) is 6.73. The van der Waals surface area contributed by atoms with Crippen molar-refractivity contribution in [2.45, 2.75) is 37.6 Å². The maximum atomic E-state index is 12.4. The molecule has 0 radical (unpaired) electrons. The molecule has 3 rings (SSSR count). The molecule has 1 aromatic heterocycles. The van der Waals surface area contributed by atoms with Gasteiger partial charge in [-0.1, -0.05) is 0 Å². The lowest BCUT2D eigenvalue weighted by Crippen LogP contribution is -2.56. The Hall–Kier alpha value is -1.33. The van der Waals surface area contributed by atoms with Crippen LogP contribution in [0.1, 0.15) is 42.5 Å². The fourth-order valence-corrected chi connectivity index (χ4v) is 3.27. The van der Waals surface area contributed by atoms with Crippen LogP contribution >= 0.6 is 0 Å². The molecule has 0 unspecified atom stereocenters. The second kappa shape index (κ2) is 6.84. The maximum Gasteiger partial charge on any atom is 0.254 e. The third-order valence-corrected chi connectivity index (χ3v) is 4.97. The number of rotatable bonds is 7. The Morgan fingerprint density at radius 2 is 2.23 bits per heavy atom. The fourth-order valence-electron chi connectivity index (χ4n) is 3.27. The number of ether oxygens (including phenoxy) is 1. The molecule has 5 heteroatoms. The summed E-state index contributed by atoms with van der Waals surface area (Å²) in [4.78, 5) is 14.9. The summed E-state index contributed by atoms with van der Waals surface area (Å²) < 4.78 is 10.3. The van der Waals surface area contributed by atoms with Crippen molar-refractivity contribution in [3.05, 3.63) is 24.2 Å². The molecule has 1 N–H and O–H groups in total. The normalized spacial score (nSPS) is 21.7. The van der Waals surface area contributed by atoms with Crippen LogP contribution in [-0.4, -0.2) is 49.7 Å². The van der Waals surface area contributed by atoms with Crippen LogP contribution in [0.2, 0.25) is 0 Å². The Bertz CT molecular complexity index is 474. The van der Waals surface area contributed by atoms with Gasteiger partial charge in [-0.2, -0.15) is 0 Å². The lowest BCUT2D eigenvalue weighted by Gasteiger charge is -2.42. The van der Waals surface area contributed by atoms with Crippen molar-refractivity contribution in [1.82, 2.24) is 10.2 Å². The first-order valence-corrected chi connectivity index (χ1v) is 8.27. The monoisotopic (exact) mass is 306 g/mol. The smallest absolute Gasteiger partial charge is 0.254 e. The van der Waals surface area contributed by atoms with Crippen LogP contribution in [0.3, 0.4) is 0 Å². The van der Waals surface area contributed by atoms with Crippen LogP contribution in [0.5, 0.6) is 0 Å². The van der Waals surface area contributed by atoms with Crippen molar-refractivity contribution >= 4 is 5.91 Å². The molecule has 0 spiro atoms. The lowest BCUT2D eigenvalue weighted by molar-refractivity contribution is 0.0695. The number of hydrogen-bond donors (Lipinski definition) is 1. The average Bonchev–Trinajstić information content (AvgIpc) is 3.16. The van der Waals surface area contributed by atoms with E-state index in [1.807, 2.05) is 0 Å². The third-order valence-electron chi connectivity index (χ3n) is 4.97. The zero-order chi connectivity index (χ0) is 15.4. The van der Waals surface area contributed by atoms with Crippen LogP contribution in [0.4, 0.5) is 0 Å². The molecular weight excluding hydrogens is 280 g/mol. The summed E-state index contributed by atoms with van der Waals surface area (Å²) in [5, 5.41) is 3.25. The molecule has 2 fully saturated rings. The van der Waals surface area contributed by atoms with Crippen molar-refractivity contribution in [2.24, 2.45) is 5.92 Å². The standard InChI is InChI=1S/C17H26N2O3/c1-21-11-7-17(18-16(20)15-4-10-22-13-15)5-8-19(9-6-17)12-14-2-3-14/h4,10,13-14H,2-3,5-9,11-12H2,1H3,(H,18,20). The SMILES string of the molecule is COCCC1(NC(=O)c2ccoc2)CCN(CC2CC2)CC1. The topological polar surface area (TPSA) is 54.7 Å². The van der Waals surface area contributed by atoms with Crippen molar-refractivity contribution in [1.29, 1.82) is 0 Å². The molecule has 1 aromatic rings. The minimum atomic E-state index is -0.148. The van der Waals surface area contributed by atoms with Gasteiger partial charge < -0.3 is 19.4 Å². The number of furan rings is 1. The molecule has 1 aliphatic heterocycles. The Morgan fingerprint density at radius 1 is 1.45 bits per heavy atom. The first-order chi connectivity index (χ1) is 10.7. The highest BCUT2D eigenvalue weighted by Gasteiger charge is 2.37. The summed E-state index contributed by atoms with van der Waals surface area (Å²) >= 11 is 0. The van der Waals surface area contributed by atoms with E-state index in [2.05, 4.69) is 10.2 Å². The number of methoxy groups -OCH3 is 1.